The van der Waals surface area contributed by atoms with Crippen molar-refractivity contribution in [2.75, 3.05) is 0 Å². The number of aliphatic hydroxyl groups is 1. The predicted molar refractivity (Wildman–Crippen MR) is 81.1 cm³/mol. The molecular formula is C15H17BrOS. The van der Waals surface area contributed by atoms with Gasteiger partial charge in [0, 0.05) is 9.17 Å². The Morgan fingerprint density at radius 3 is 2.78 bits per heavy atom. The summed E-state index contributed by atoms with van der Waals surface area (Å²) in [5.41, 5.74) is 1.13. The standard InChI is InChI=1S/C15H17BrOS/c16-13-8-4-7-11-12(9-18-15(11)13)14(17)10-5-2-1-3-6-10/h4,7-10,14,17H,1-3,5-6H2. The molecule has 3 rings (SSSR count). The lowest BCUT2D eigenvalue weighted by atomic mass is 9.83. The first kappa shape index (κ1) is 12.6. The van der Waals surface area contributed by atoms with Crippen LogP contribution in [0.15, 0.2) is 28.1 Å². The van der Waals surface area contributed by atoms with Gasteiger partial charge in [-0.15, -0.1) is 11.3 Å². The van der Waals surface area contributed by atoms with Crippen LogP contribution in [0.3, 0.4) is 0 Å². The van der Waals surface area contributed by atoms with Gasteiger partial charge in [0.15, 0.2) is 0 Å². The summed E-state index contributed by atoms with van der Waals surface area (Å²) >= 11 is 5.31. The van der Waals surface area contributed by atoms with Crippen LogP contribution in [0.25, 0.3) is 10.1 Å². The van der Waals surface area contributed by atoms with Gasteiger partial charge in [-0.3, -0.25) is 0 Å². The Balaban J connectivity index is 1.96. The van der Waals surface area contributed by atoms with Gasteiger partial charge in [-0.1, -0.05) is 31.4 Å². The topological polar surface area (TPSA) is 20.2 Å². The van der Waals surface area contributed by atoms with Crippen molar-refractivity contribution in [2.24, 2.45) is 5.92 Å². The molecule has 18 heavy (non-hydrogen) atoms. The molecule has 1 aromatic carbocycles. The highest BCUT2D eigenvalue weighted by atomic mass is 79.9. The Morgan fingerprint density at radius 2 is 2.00 bits per heavy atom. The van der Waals surface area contributed by atoms with Gasteiger partial charge in [-0.25, -0.2) is 0 Å². The second-order valence-electron chi connectivity index (χ2n) is 5.15. The van der Waals surface area contributed by atoms with Gasteiger partial charge >= 0.3 is 0 Å². The van der Waals surface area contributed by atoms with E-state index in [4.69, 9.17) is 0 Å². The summed E-state index contributed by atoms with van der Waals surface area (Å²) in [7, 11) is 0. The molecule has 0 saturated heterocycles. The van der Waals surface area contributed by atoms with E-state index in [9.17, 15) is 5.11 Å². The first-order valence-corrected chi connectivity index (χ1v) is 8.28. The Morgan fingerprint density at radius 1 is 1.22 bits per heavy atom. The van der Waals surface area contributed by atoms with Gasteiger partial charge < -0.3 is 5.11 Å². The summed E-state index contributed by atoms with van der Waals surface area (Å²) in [6.45, 7) is 0. The summed E-state index contributed by atoms with van der Waals surface area (Å²) in [5.74, 6) is 0.454. The fourth-order valence-corrected chi connectivity index (χ4v) is 4.63. The first-order valence-electron chi connectivity index (χ1n) is 6.61. The van der Waals surface area contributed by atoms with Crippen LogP contribution in [0.4, 0.5) is 0 Å². The molecule has 0 radical (unpaired) electrons. The second kappa shape index (κ2) is 5.32. The molecule has 0 amide bonds. The molecule has 1 aromatic heterocycles. The van der Waals surface area contributed by atoms with Gasteiger partial charge in [-0.2, -0.15) is 0 Å². The highest BCUT2D eigenvalue weighted by molar-refractivity contribution is 9.10. The molecule has 1 N–H and O–H groups in total. The minimum Gasteiger partial charge on any atom is -0.388 e. The third kappa shape index (κ3) is 2.24. The molecule has 1 heterocycles. The summed E-state index contributed by atoms with van der Waals surface area (Å²) in [6, 6.07) is 6.24. The molecule has 0 spiro atoms. The van der Waals surface area contributed by atoms with E-state index in [1.165, 1.54) is 42.2 Å². The Kier molecular flexibility index (Phi) is 3.73. The number of benzene rings is 1. The zero-order chi connectivity index (χ0) is 12.5. The van der Waals surface area contributed by atoms with Crippen molar-refractivity contribution in [2.45, 2.75) is 38.2 Å². The molecule has 1 aliphatic carbocycles. The minimum absolute atomic E-state index is 0.284. The maximum absolute atomic E-state index is 10.6. The number of thiophene rings is 1. The van der Waals surface area contributed by atoms with E-state index in [1.54, 1.807) is 11.3 Å². The van der Waals surface area contributed by atoms with E-state index < -0.39 is 0 Å². The summed E-state index contributed by atoms with van der Waals surface area (Å²) < 4.78 is 2.38. The number of fused-ring (bicyclic) bond motifs is 1. The highest BCUT2D eigenvalue weighted by Gasteiger charge is 2.25. The van der Waals surface area contributed by atoms with Crippen LogP contribution in [0, 0.1) is 5.92 Å². The maximum Gasteiger partial charge on any atom is 0.0832 e. The third-order valence-corrected chi connectivity index (χ3v) is 5.97. The molecule has 1 unspecified atom stereocenters. The highest BCUT2D eigenvalue weighted by Crippen LogP contribution is 2.40. The van der Waals surface area contributed by atoms with Gasteiger partial charge in [0.1, 0.15) is 0 Å². The number of hydrogen-bond donors (Lipinski definition) is 1. The third-order valence-electron chi connectivity index (χ3n) is 4.00. The van der Waals surface area contributed by atoms with E-state index in [0.29, 0.717) is 5.92 Å². The molecule has 0 aliphatic heterocycles. The Labute approximate surface area is 120 Å². The number of rotatable bonds is 2. The normalized spacial score (nSPS) is 19.2. The number of hydrogen-bond acceptors (Lipinski definition) is 2. The van der Waals surface area contributed by atoms with Crippen LogP contribution in [0.1, 0.15) is 43.8 Å². The van der Waals surface area contributed by atoms with Crippen molar-refractivity contribution in [3.05, 3.63) is 33.6 Å². The Hall–Kier alpha value is -0.380. The SMILES string of the molecule is OC(c1csc2c(Br)cccc12)C1CCCCC1. The number of halogens is 1. The predicted octanol–water partition coefficient (Wildman–Crippen LogP) is 5.28. The van der Waals surface area contributed by atoms with E-state index >= 15 is 0 Å². The fourth-order valence-electron chi connectivity index (χ4n) is 2.97. The zero-order valence-corrected chi connectivity index (χ0v) is 12.6. The fraction of sp³-hybridized carbons (Fsp3) is 0.467. The van der Waals surface area contributed by atoms with Crippen molar-refractivity contribution >= 4 is 37.4 Å². The minimum atomic E-state index is -0.284. The van der Waals surface area contributed by atoms with Crippen molar-refractivity contribution < 1.29 is 5.11 Å². The summed E-state index contributed by atoms with van der Waals surface area (Å²) in [6.07, 6.45) is 5.94. The molecule has 1 aliphatic rings. The molecule has 1 saturated carbocycles. The number of aliphatic hydroxyl groups excluding tert-OH is 1. The second-order valence-corrected chi connectivity index (χ2v) is 6.88. The molecule has 1 atom stereocenters. The van der Waals surface area contributed by atoms with Crippen LogP contribution in [-0.4, -0.2) is 5.11 Å². The molecular weight excluding hydrogens is 308 g/mol. The van der Waals surface area contributed by atoms with Crippen LogP contribution < -0.4 is 0 Å². The van der Waals surface area contributed by atoms with Gasteiger partial charge in [-0.05, 0) is 57.1 Å². The molecule has 1 nitrogen and oxygen atoms in total. The van der Waals surface area contributed by atoms with Crippen LogP contribution in [0.2, 0.25) is 0 Å². The summed E-state index contributed by atoms with van der Waals surface area (Å²) in [4.78, 5) is 0. The van der Waals surface area contributed by atoms with Crippen molar-refractivity contribution in [3.8, 4) is 0 Å². The summed E-state index contributed by atoms with van der Waals surface area (Å²) in [5, 5.41) is 14.0. The van der Waals surface area contributed by atoms with Crippen molar-refractivity contribution in [1.29, 1.82) is 0 Å². The van der Waals surface area contributed by atoms with Gasteiger partial charge in [0.2, 0.25) is 0 Å². The monoisotopic (exact) mass is 324 g/mol. The molecule has 0 bridgehead atoms. The lowest BCUT2D eigenvalue weighted by molar-refractivity contribution is 0.0864. The lowest BCUT2D eigenvalue weighted by Crippen LogP contribution is -2.15. The average molecular weight is 325 g/mol. The van der Waals surface area contributed by atoms with E-state index in [1.807, 2.05) is 0 Å². The van der Waals surface area contributed by atoms with Gasteiger partial charge in [0.25, 0.3) is 0 Å². The van der Waals surface area contributed by atoms with Crippen molar-refractivity contribution in [1.82, 2.24) is 0 Å². The molecule has 96 valence electrons. The zero-order valence-electron chi connectivity index (χ0n) is 10.2. The smallest absolute Gasteiger partial charge is 0.0832 e. The van der Waals surface area contributed by atoms with Gasteiger partial charge in [0.05, 0.1) is 6.10 Å². The first-order chi connectivity index (χ1) is 8.77. The molecule has 1 fully saturated rings. The molecule has 3 heteroatoms. The van der Waals surface area contributed by atoms with E-state index in [2.05, 4.69) is 39.5 Å². The quantitative estimate of drug-likeness (QED) is 0.797. The lowest BCUT2D eigenvalue weighted by Gasteiger charge is -2.26. The van der Waals surface area contributed by atoms with E-state index in [-0.39, 0.29) is 6.10 Å². The maximum atomic E-state index is 10.6. The largest absolute Gasteiger partial charge is 0.388 e. The van der Waals surface area contributed by atoms with E-state index in [0.717, 1.165) is 10.0 Å². The average Bonchev–Trinajstić information content (AvgIpc) is 2.84. The van der Waals surface area contributed by atoms with Crippen LogP contribution in [-0.2, 0) is 0 Å². The molecule has 2 aromatic rings. The van der Waals surface area contributed by atoms with Crippen molar-refractivity contribution in [3.63, 3.8) is 0 Å². The Bertz CT molecular complexity index is 542. The van der Waals surface area contributed by atoms with Crippen LogP contribution >= 0.6 is 27.3 Å². The van der Waals surface area contributed by atoms with Crippen LogP contribution in [0.5, 0.6) is 0 Å².